The number of rotatable bonds is 6. The third-order valence-corrected chi connectivity index (χ3v) is 3.03. The lowest BCUT2D eigenvalue weighted by Crippen LogP contribution is -2.56. The van der Waals surface area contributed by atoms with Gasteiger partial charge in [-0.1, -0.05) is 0 Å². The minimum atomic E-state index is -0.363. The predicted molar refractivity (Wildman–Crippen MR) is 77.5 cm³/mol. The molecule has 1 unspecified atom stereocenters. The van der Waals surface area contributed by atoms with Gasteiger partial charge in [0.05, 0.1) is 12.5 Å². The standard InChI is InChI=1S/C12H24N4O2.ClH/c1-4-16-8-6-13-10(12(16)18)9-11(17)14-5-7-15(2)3;/h10,13H,4-9H2,1-3H3,(H,14,17);1H. The third-order valence-electron chi connectivity index (χ3n) is 3.03. The van der Waals surface area contributed by atoms with E-state index in [9.17, 15) is 9.59 Å². The lowest BCUT2D eigenvalue weighted by molar-refractivity contribution is -0.138. The summed E-state index contributed by atoms with van der Waals surface area (Å²) in [7, 11) is 3.91. The van der Waals surface area contributed by atoms with Gasteiger partial charge in [0, 0.05) is 32.7 Å². The molecule has 0 aromatic rings. The number of amides is 2. The molecule has 0 aliphatic carbocycles. The average molecular weight is 293 g/mol. The van der Waals surface area contributed by atoms with E-state index in [1.54, 1.807) is 4.90 Å². The minimum absolute atomic E-state index is 0. The smallest absolute Gasteiger partial charge is 0.240 e. The second-order valence-electron chi connectivity index (χ2n) is 4.78. The van der Waals surface area contributed by atoms with Crippen molar-refractivity contribution >= 4 is 24.2 Å². The average Bonchev–Trinajstić information content (AvgIpc) is 2.31. The van der Waals surface area contributed by atoms with Gasteiger partial charge in [-0.25, -0.2) is 0 Å². The van der Waals surface area contributed by atoms with Crippen molar-refractivity contribution in [1.29, 1.82) is 0 Å². The third kappa shape index (κ3) is 6.22. The van der Waals surface area contributed by atoms with Gasteiger partial charge in [0.15, 0.2) is 0 Å². The van der Waals surface area contributed by atoms with Crippen LogP contribution in [0.5, 0.6) is 0 Å². The second-order valence-corrected chi connectivity index (χ2v) is 4.78. The SMILES string of the molecule is CCN1CCNC(CC(=O)NCCN(C)C)C1=O.Cl. The van der Waals surface area contributed by atoms with Crippen molar-refractivity contribution in [1.82, 2.24) is 20.4 Å². The minimum Gasteiger partial charge on any atom is -0.355 e. The molecule has 0 aromatic heterocycles. The fourth-order valence-corrected chi connectivity index (χ4v) is 1.94. The molecule has 7 heteroatoms. The summed E-state index contributed by atoms with van der Waals surface area (Å²) in [4.78, 5) is 27.4. The molecule has 19 heavy (non-hydrogen) atoms. The van der Waals surface area contributed by atoms with E-state index >= 15 is 0 Å². The molecule has 0 radical (unpaired) electrons. The Bertz CT molecular complexity index is 299. The molecule has 1 saturated heterocycles. The fraction of sp³-hybridized carbons (Fsp3) is 0.833. The van der Waals surface area contributed by atoms with Crippen LogP contribution in [0.25, 0.3) is 0 Å². The molecular formula is C12H25ClN4O2. The molecule has 1 heterocycles. The Hall–Kier alpha value is -0.850. The van der Waals surface area contributed by atoms with Crippen molar-refractivity contribution < 1.29 is 9.59 Å². The van der Waals surface area contributed by atoms with Crippen LogP contribution in [0, 0.1) is 0 Å². The Labute approximate surface area is 121 Å². The Morgan fingerprint density at radius 3 is 2.79 bits per heavy atom. The van der Waals surface area contributed by atoms with Gasteiger partial charge in [-0.05, 0) is 21.0 Å². The van der Waals surface area contributed by atoms with E-state index in [-0.39, 0.29) is 36.7 Å². The lowest BCUT2D eigenvalue weighted by Gasteiger charge is -2.32. The van der Waals surface area contributed by atoms with Crippen LogP contribution in [0.3, 0.4) is 0 Å². The zero-order valence-corrected chi connectivity index (χ0v) is 12.8. The van der Waals surface area contributed by atoms with E-state index in [4.69, 9.17) is 0 Å². The van der Waals surface area contributed by atoms with Crippen LogP contribution in [-0.2, 0) is 9.59 Å². The van der Waals surface area contributed by atoms with E-state index in [0.29, 0.717) is 13.1 Å². The summed E-state index contributed by atoms with van der Waals surface area (Å²) in [6.45, 7) is 5.57. The van der Waals surface area contributed by atoms with Crippen molar-refractivity contribution in [3.63, 3.8) is 0 Å². The first-order chi connectivity index (χ1) is 8.54. The van der Waals surface area contributed by atoms with E-state index in [0.717, 1.165) is 19.6 Å². The van der Waals surface area contributed by atoms with Gasteiger partial charge in [-0.3, -0.25) is 9.59 Å². The van der Waals surface area contributed by atoms with E-state index in [2.05, 4.69) is 10.6 Å². The maximum absolute atomic E-state index is 11.9. The van der Waals surface area contributed by atoms with Gasteiger partial charge in [-0.2, -0.15) is 0 Å². The summed E-state index contributed by atoms with van der Waals surface area (Å²) in [5.74, 6) is -0.0350. The molecule has 1 fully saturated rings. The first-order valence-corrected chi connectivity index (χ1v) is 6.48. The Kier molecular flexibility index (Phi) is 8.71. The summed E-state index contributed by atoms with van der Waals surface area (Å²) in [5.41, 5.74) is 0. The van der Waals surface area contributed by atoms with Crippen LogP contribution in [0.15, 0.2) is 0 Å². The highest BCUT2D eigenvalue weighted by atomic mass is 35.5. The molecule has 2 amide bonds. The maximum Gasteiger partial charge on any atom is 0.240 e. The van der Waals surface area contributed by atoms with E-state index in [1.165, 1.54) is 0 Å². The number of nitrogens with one attached hydrogen (secondary N) is 2. The van der Waals surface area contributed by atoms with Crippen LogP contribution in [0.1, 0.15) is 13.3 Å². The number of likely N-dealkylation sites (N-methyl/N-ethyl adjacent to an activating group) is 2. The zero-order valence-electron chi connectivity index (χ0n) is 11.9. The largest absolute Gasteiger partial charge is 0.355 e. The number of hydrogen-bond acceptors (Lipinski definition) is 4. The molecule has 112 valence electrons. The number of carbonyl (C=O) groups excluding carboxylic acids is 2. The molecule has 2 N–H and O–H groups in total. The van der Waals surface area contributed by atoms with E-state index < -0.39 is 0 Å². The highest BCUT2D eigenvalue weighted by molar-refractivity contribution is 5.88. The highest BCUT2D eigenvalue weighted by Gasteiger charge is 2.28. The molecule has 1 atom stereocenters. The van der Waals surface area contributed by atoms with Crippen molar-refractivity contribution in [3.05, 3.63) is 0 Å². The molecule has 0 bridgehead atoms. The quantitative estimate of drug-likeness (QED) is 0.679. The topological polar surface area (TPSA) is 64.7 Å². The second kappa shape index (κ2) is 9.12. The van der Waals surface area contributed by atoms with Crippen molar-refractivity contribution in [2.24, 2.45) is 0 Å². The lowest BCUT2D eigenvalue weighted by atomic mass is 10.1. The van der Waals surface area contributed by atoms with Gasteiger partial charge < -0.3 is 20.4 Å². The van der Waals surface area contributed by atoms with Gasteiger partial charge in [0.2, 0.25) is 11.8 Å². The maximum atomic E-state index is 11.9. The number of hydrogen-bond donors (Lipinski definition) is 2. The number of piperazine rings is 1. The van der Waals surface area contributed by atoms with Gasteiger partial charge >= 0.3 is 0 Å². The van der Waals surface area contributed by atoms with E-state index in [1.807, 2.05) is 25.9 Å². The van der Waals surface area contributed by atoms with Crippen LogP contribution >= 0.6 is 12.4 Å². The van der Waals surface area contributed by atoms with Gasteiger partial charge in [0.25, 0.3) is 0 Å². The summed E-state index contributed by atoms with van der Waals surface area (Å²) >= 11 is 0. The molecule has 1 rings (SSSR count). The molecule has 0 spiro atoms. The van der Waals surface area contributed by atoms with Crippen LogP contribution in [-0.4, -0.2) is 74.5 Å². The van der Waals surface area contributed by atoms with Crippen molar-refractivity contribution in [2.75, 3.05) is 46.8 Å². The molecule has 0 aromatic carbocycles. The molecular weight excluding hydrogens is 268 g/mol. The fourth-order valence-electron chi connectivity index (χ4n) is 1.94. The summed E-state index contributed by atoms with van der Waals surface area (Å²) in [6, 6.07) is -0.363. The number of nitrogens with zero attached hydrogens (tertiary/aromatic N) is 2. The Morgan fingerprint density at radius 1 is 1.53 bits per heavy atom. The number of halogens is 1. The predicted octanol–water partition coefficient (Wildman–Crippen LogP) is -0.704. The molecule has 6 nitrogen and oxygen atoms in total. The highest BCUT2D eigenvalue weighted by Crippen LogP contribution is 2.04. The van der Waals surface area contributed by atoms with Gasteiger partial charge in [0.1, 0.15) is 0 Å². The molecule has 1 aliphatic rings. The Morgan fingerprint density at radius 2 is 2.21 bits per heavy atom. The first-order valence-electron chi connectivity index (χ1n) is 6.48. The van der Waals surface area contributed by atoms with Crippen LogP contribution in [0.2, 0.25) is 0 Å². The normalized spacial score (nSPS) is 19.3. The number of carbonyl (C=O) groups is 2. The first kappa shape index (κ1) is 18.1. The van der Waals surface area contributed by atoms with Crippen LogP contribution in [0.4, 0.5) is 0 Å². The summed E-state index contributed by atoms with van der Waals surface area (Å²) in [6.07, 6.45) is 0.225. The van der Waals surface area contributed by atoms with Crippen molar-refractivity contribution in [3.8, 4) is 0 Å². The summed E-state index contributed by atoms with van der Waals surface area (Å²) < 4.78 is 0. The van der Waals surface area contributed by atoms with Crippen molar-refractivity contribution in [2.45, 2.75) is 19.4 Å². The molecule has 1 aliphatic heterocycles. The Balaban J connectivity index is 0.00000324. The van der Waals surface area contributed by atoms with Crippen LogP contribution < -0.4 is 10.6 Å². The monoisotopic (exact) mass is 292 g/mol. The molecule has 0 saturated carbocycles. The summed E-state index contributed by atoms with van der Waals surface area (Å²) in [5, 5.41) is 5.92. The zero-order chi connectivity index (χ0) is 13.5. The van der Waals surface area contributed by atoms with Gasteiger partial charge in [-0.15, -0.1) is 12.4 Å².